The molecular weight excluding hydrogens is 490 g/mol. The fourth-order valence-corrected chi connectivity index (χ4v) is 5.72. The minimum Gasteiger partial charge on any atom is -0.491 e. The van der Waals surface area contributed by atoms with Crippen molar-refractivity contribution in [3.8, 4) is 22.6 Å². The van der Waals surface area contributed by atoms with Crippen LogP contribution in [0.1, 0.15) is 36.9 Å². The monoisotopic (exact) mass is 519 g/mol. The fraction of sp³-hybridized carbons (Fsp3) is 0.310. The van der Waals surface area contributed by atoms with Crippen LogP contribution < -0.4 is 10.3 Å². The minimum absolute atomic E-state index is 0.0522. The molecule has 0 aliphatic carbocycles. The number of rotatable bonds is 7. The molecule has 0 radical (unpaired) electrons. The maximum absolute atomic E-state index is 13.1. The molecule has 3 heterocycles. The number of benzene rings is 2. The first-order chi connectivity index (χ1) is 17.9. The second-order valence-electron chi connectivity index (χ2n) is 9.20. The lowest BCUT2D eigenvalue weighted by atomic mass is 10.0. The van der Waals surface area contributed by atoms with E-state index in [1.165, 1.54) is 17.4 Å². The predicted octanol–water partition coefficient (Wildman–Crippen LogP) is 5.82. The molecule has 1 unspecified atom stereocenters. The highest BCUT2D eigenvalue weighted by Crippen LogP contribution is 2.39. The Morgan fingerprint density at radius 2 is 1.84 bits per heavy atom. The van der Waals surface area contributed by atoms with Crippen LogP contribution in [-0.2, 0) is 14.2 Å². The van der Waals surface area contributed by atoms with Gasteiger partial charge in [-0.1, -0.05) is 30.3 Å². The van der Waals surface area contributed by atoms with E-state index < -0.39 is 11.8 Å². The normalized spacial score (nSPS) is 17.0. The van der Waals surface area contributed by atoms with E-state index in [9.17, 15) is 9.59 Å². The standard InChI is InChI=1S/C29H29NO6S/c1-4-33-28(32)26-25(19-8-6-5-7-9-19)23-14-15-24(31)30(27(23)37-26)20-10-12-21(13-11-20)34-18-22-16-17-35-29(2,3)36-22/h5-15,22H,4,16-18H2,1-3H3. The molecule has 8 heteroatoms. The third-order valence-electron chi connectivity index (χ3n) is 6.14. The molecule has 2 aromatic carbocycles. The van der Waals surface area contributed by atoms with E-state index in [2.05, 4.69) is 0 Å². The molecule has 1 fully saturated rings. The molecule has 7 nitrogen and oxygen atoms in total. The Bertz CT molecular complexity index is 1460. The van der Waals surface area contributed by atoms with E-state index in [0.717, 1.165) is 22.9 Å². The number of carbonyl (C=O) groups excluding carboxylic acids is 1. The van der Waals surface area contributed by atoms with Crippen LogP contribution in [-0.4, -0.2) is 42.2 Å². The molecule has 5 rings (SSSR count). The van der Waals surface area contributed by atoms with Crippen molar-refractivity contribution in [3.63, 3.8) is 0 Å². The number of hydrogen-bond acceptors (Lipinski definition) is 7. The first kappa shape index (κ1) is 25.2. The number of fused-ring (bicyclic) bond motifs is 1. The van der Waals surface area contributed by atoms with E-state index in [1.807, 2.05) is 68.4 Å². The van der Waals surface area contributed by atoms with Gasteiger partial charge in [0, 0.05) is 23.4 Å². The van der Waals surface area contributed by atoms with E-state index in [1.54, 1.807) is 17.6 Å². The lowest BCUT2D eigenvalue weighted by Crippen LogP contribution is -2.42. The molecule has 1 atom stereocenters. The zero-order chi connectivity index (χ0) is 26.0. The van der Waals surface area contributed by atoms with Crippen molar-refractivity contribution in [3.05, 3.63) is 82.0 Å². The van der Waals surface area contributed by atoms with Crippen LogP contribution in [0.3, 0.4) is 0 Å². The van der Waals surface area contributed by atoms with Crippen molar-refractivity contribution in [2.24, 2.45) is 0 Å². The first-order valence-corrected chi connectivity index (χ1v) is 13.1. The molecule has 1 aliphatic rings. The highest BCUT2D eigenvalue weighted by atomic mass is 32.1. The smallest absolute Gasteiger partial charge is 0.349 e. The summed E-state index contributed by atoms with van der Waals surface area (Å²) in [5.74, 6) is -0.332. The second kappa shape index (κ2) is 10.5. The summed E-state index contributed by atoms with van der Waals surface area (Å²) in [4.78, 5) is 27.1. The van der Waals surface area contributed by atoms with Crippen LogP contribution in [0.5, 0.6) is 5.75 Å². The molecule has 0 amide bonds. The van der Waals surface area contributed by atoms with Crippen molar-refractivity contribution in [2.45, 2.75) is 39.1 Å². The van der Waals surface area contributed by atoms with Crippen LogP contribution in [0, 0.1) is 0 Å². The van der Waals surface area contributed by atoms with Gasteiger partial charge in [0.05, 0.1) is 25.0 Å². The van der Waals surface area contributed by atoms with Gasteiger partial charge in [0.2, 0.25) is 0 Å². The largest absolute Gasteiger partial charge is 0.491 e. The number of pyridine rings is 1. The Morgan fingerprint density at radius 3 is 2.54 bits per heavy atom. The number of thiophene rings is 1. The summed E-state index contributed by atoms with van der Waals surface area (Å²) in [5.41, 5.74) is 2.16. The molecule has 0 bridgehead atoms. The molecule has 2 aromatic heterocycles. The first-order valence-electron chi connectivity index (χ1n) is 12.3. The maximum Gasteiger partial charge on any atom is 0.349 e. The van der Waals surface area contributed by atoms with Crippen molar-refractivity contribution in [1.82, 2.24) is 4.57 Å². The third-order valence-corrected chi connectivity index (χ3v) is 7.31. The number of ether oxygens (including phenoxy) is 4. The third kappa shape index (κ3) is 5.32. The Morgan fingerprint density at radius 1 is 1.08 bits per heavy atom. The Hall–Kier alpha value is -3.46. The summed E-state index contributed by atoms with van der Waals surface area (Å²) in [6.45, 7) is 6.89. The summed E-state index contributed by atoms with van der Waals surface area (Å²) < 4.78 is 24.4. The zero-order valence-corrected chi connectivity index (χ0v) is 21.9. The molecule has 192 valence electrons. The minimum atomic E-state index is -0.613. The summed E-state index contributed by atoms with van der Waals surface area (Å²) in [7, 11) is 0. The van der Waals surface area contributed by atoms with Gasteiger partial charge in [-0.15, -0.1) is 11.3 Å². The lowest BCUT2D eigenvalue weighted by Gasteiger charge is -2.35. The van der Waals surface area contributed by atoms with Crippen molar-refractivity contribution < 1.29 is 23.7 Å². The molecule has 4 aromatic rings. The van der Waals surface area contributed by atoms with E-state index in [0.29, 0.717) is 34.4 Å². The Balaban J connectivity index is 1.49. The Labute approximate surface area is 219 Å². The van der Waals surface area contributed by atoms with E-state index in [4.69, 9.17) is 18.9 Å². The van der Waals surface area contributed by atoms with Crippen LogP contribution >= 0.6 is 11.3 Å². The van der Waals surface area contributed by atoms with Gasteiger partial charge in [-0.2, -0.15) is 0 Å². The quantitative estimate of drug-likeness (QED) is 0.287. The summed E-state index contributed by atoms with van der Waals surface area (Å²) in [6, 6.07) is 20.4. The number of aromatic nitrogens is 1. The van der Waals surface area contributed by atoms with Gasteiger partial charge in [0.15, 0.2) is 5.79 Å². The summed E-state index contributed by atoms with van der Waals surface area (Å²) in [5, 5.41) is 0.818. The van der Waals surface area contributed by atoms with Crippen LogP contribution in [0.25, 0.3) is 27.0 Å². The van der Waals surface area contributed by atoms with Crippen molar-refractivity contribution in [2.75, 3.05) is 19.8 Å². The predicted molar refractivity (Wildman–Crippen MR) is 144 cm³/mol. The highest BCUT2D eigenvalue weighted by molar-refractivity contribution is 7.21. The maximum atomic E-state index is 13.1. The molecule has 1 saturated heterocycles. The summed E-state index contributed by atoms with van der Waals surface area (Å²) >= 11 is 1.26. The number of hydrogen-bond donors (Lipinski definition) is 0. The number of carbonyl (C=O) groups is 1. The van der Waals surface area contributed by atoms with E-state index in [-0.39, 0.29) is 18.3 Å². The lowest BCUT2D eigenvalue weighted by molar-refractivity contribution is -0.276. The average molecular weight is 520 g/mol. The molecule has 37 heavy (non-hydrogen) atoms. The van der Waals surface area contributed by atoms with Gasteiger partial charge < -0.3 is 18.9 Å². The average Bonchev–Trinajstić information content (AvgIpc) is 3.28. The van der Waals surface area contributed by atoms with Crippen molar-refractivity contribution in [1.29, 1.82) is 0 Å². The molecule has 0 saturated carbocycles. The number of nitrogens with zero attached hydrogens (tertiary/aromatic N) is 1. The Kier molecular flexibility index (Phi) is 7.15. The molecule has 1 aliphatic heterocycles. The fourth-order valence-electron chi connectivity index (χ4n) is 4.49. The van der Waals surface area contributed by atoms with Gasteiger partial charge >= 0.3 is 5.97 Å². The number of esters is 1. The van der Waals surface area contributed by atoms with Gasteiger partial charge in [0.1, 0.15) is 22.1 Å². The topological polar surface area (TPSA) is 76.0 Å². The second-order valence-corrected chi connectivity index (χ2v) is 10.2. The van der Waals surface area contributed by atoms with Gasteiger partial charge in [0.25, 0.3) is 5.56 Å². The van der Waals surface area contributed by atoms with Gasteiger partial charge in [-0.05, 0) is 56.7 Å². The van der Waals surface area contributed by atoms with Gasteiger partial charge in [-0.3, -0.25) is 9.36 Å². The van der Waals surface area contributed by atoms with Crippen LogP contribution in [0.15, 0.2) is 71.5 Å². The van der Waals surface area contributed by atoms with E-state index >= 15 is 0 Å². The van der Waals surface area contributed by atoms with Gasteiger partial charge in [-0.25, -0.2) is 4.79 Å². The SMILES string of the molecule is CCOC(=O)c1sc2c(ccc(=O)n2-c2ccc(OCC3CCOC(C)(C)O3)cc2)c1-c1ccccc1. The van der Waals surface area contributed by atoms with Crippen LogP contribution in [0.2, 0.25) is 0 Å². The zero-order valence-electron chi connectivity index (χ0n) is 21.1. The molecule has 0 N–H and O–H groups in total. The highest BCUT2D eigenvalue weighted by Gasteiger charge is 2.29. The van der Waals surface area contributed by atoms with Crippen LogP contribution in [0.4, 0.5) is 0 Å². The summed E-state index contributed by atoms with van der Waals surface area (Å²) in [6.07, 6.45) is 0.715. The molecule has 0 spiro atoms. The molecular formula is C29H29NO6S. The van der Waals surface area contributed by atoms with Crippen molar-refractivity contribution >= 4 is 27.5 Å².